The number of rotatable bonds is 9. The van der Waals surface area contributed by atoms with Gasteiger partial charge in [-0.1, -0.05) is 13.0 Å². The summed E-state index contributed by atoms with van der Waals surface area (Å²) in [6, 6.07) is -1.53. The molecule has 1 aliphatic rings. The summed E-state index contributed by atoms with van der Waals surface area (Å²) in [5, 5.41) is 22.4. The van der Waals surface area contributed by atoms with E-state index in [1.54, 1.807) is 20.0 Å². The molecule has 8 heteroatoms. The molecule has 1 aliphatic heterocycles. The zero-order chi connectivity index (χ0) is 18.3. The van der Waals surface area contributed by atoms with Crippen LogP contribution < -0.4 is 10.6 Å². The number of ketones is 1. The third-order valence-electron chi connectivity index (χ3n) is 3.66. The van der Waals surface area contributed by atoms with Crippen molar-refractivity contribution in [1.82, 2.24) is 10.6 Å². The number of hydrogen-bond acceptors (Lipinski definition) is 7. The van der Waals surface area contributed by atoms with E-state index >= 15 is 0 Å². The average Bonchev–Trinajstić information content (AvgIpc) is 2.95. The fourth-order valence-electron chi connectivity index (χ4n) is 2.31. The predicted octanol–water partition coefficient (Wildman–Crippen LogP) is -0.0958. The highest BCUT2D eigenvalue weighted by molar-refractivity contribution is 6.26. The van der Waals surface area contributed by atoms with Gasteiger partial charge in [-0.05, 0) is 32.4 Å². The number of hydrogen-bond donors (Lipinski definition) is 4. The second-order valence-electron chi connectivity index (χ2n) is 6.05. The first-order chi connectivity index (χ1) is 11.3. The molecule has 0 spiro atoms. The van der Waals surface area contributed by atoms with E-state index in [0.29, 0.717) is 6.21 Å². The molecule has 2 unspecified atom stereocenters. The third-order valence-corrected chi connectivity index (χ3v) is 3.66. The van der Waals surface area contributed by atoms with Crippen LogP contribution >= 0.6 is 0 Å². The summed E-state index contributed by atoms with van der Waals surface area (Å²) in [4.78, 5) is 35.6. The zero-order valence-electron chi connectivity index (χ0n) is 14.1. The van der Waals surface area contributed by atoms with Crippen LogP contribution in [-0.4, -0.2) is 53.3 Å². The fraction of sp³-hybridized carbons (Fsp3) is 0.625. The molecule has 8 nitrogen and oxygen atoms in total. The van der Waals surface area contributed by atoms with E-state index in [1.807, 2.05) is 13.0 Å². The van der Waals surface area contributed by atoms with Gasteiger partial charge in [0, 0.05) is 6.42 Å². The molecule has 0 fully saturated rings. The maximum atomic E-state index is 12.2. The van der Waals surface area contributed by atoms with Crippen molar-refractivity contribution in [2.24, 2.45) is 5.92 Å². The zero-order valence-corrected chi connectivity index (χ0v) is 14.1. The molecule has 24 heavy (non-hydrogen) atoms. The average molecular weight is 339 g/mol. The van der Waals surface area contributed by atoms with Crippen LogP contribution in [0.25, 0.3) is 0 Å². The van der Waals surface area contributed by atoms with Crippen molar-refractivity contribution in [3.05, 3.63) is 12.3 Å². The molecular weight excluding hydrogens is 314 g/mol. The monoisotopic (exact) mass is 339 g/mol. The van der Waals surface area contributed by atoms with Crippen LogP contribution in [0.2, 0.25) is 0 Å². The molecule has 0 saturated carbocycles. The summed E-state index contributed by atoms with van der Waals surface area (Å²) in [7, 11) is 0. The summed E-state index contributed by atoms with van der Waals surface area (Å²) in [5.41, 5.74) is 0. The van der Waals surface area contributed by atoms with E-state index in [2.05, 4.69) is 10.6 Å². The lowest BCUT2D eigenvalue weighted by molar-refractivity contribution is -0.152. The van der Waals surface area contributed by atoms with Gasteiger partial charge in [0.25, 0.3) is 5.91 Å². The first-order valence-electron chi connectivity index (χ1n) is 7.91. The fourth-order valence-corrected chi connectivity index (χ4v) is 2.31. The van der Waals surface area contributed by atoms with Crippen molar-refractivity contribution in [3.63, 3.8) is 0 Å². The number of aliphatic hydroxyl groups excluding tert-OH is 1. The van der Waals surface area contributed by atoms with Gasteiger partial charge in [0.05, 0.1) is 18.4 Å². The Balaban J connectivity index is 2.71. The standard InChI is InChI=1S/C16H25N3O5/c1-9(2)24-16(23)12(5-4-11(20)8-17)19-15(22)14(21)13-10(3)6-7-18-13/h6-10,12-14,17-18,21H,4-5H2,1-3H3,(H,19,22)/t10?,12-,13?,14+/m0/s1. The van der Waals surface area contributed by atoms with Gasteiger partial charge in [-0.3, -0.25) is 9.59 Å². The topological polar surface area (TPSA) is 129 Å². The lowest BCUT2D eigenvalue weighted by Gasteiger charge is -2.25. The van der Waals surface area contributed by atoms with E-state index in [9.17, 15) is 19.5 Å². The Morgan fingerprint density at radius 3 is 2.58 bits per heavy atom. The van der Waals surface area contributed by atoms with E-state index in [-0.39, 0.29) is 24.9 Å². The van der Waals surface area contributed by atoms with Gasteiger partial charge in [0.1, 0.15) is 6.04 Å². The molecule has 0 saturated heterocycles. The Morgan fingerprint density at radius 2 is 2.08 bits per heavy atom. The number of carbonyl (C=O) groups excluding carboxylic acids is 3. The molecule has 1 amide bonds. The minimum atomic E-state index is -1.34. The molecule has 0 aromatic rings. The minimum Gasteiger partial charge on any atom is -0.461 e. The number of Topliss-reactive ketones (excluding diaryl/α,β-unsaturated/α-hetero) is 1. The number of nitrogens with one attached hydrogen (secondary N) is 3. The second kappa shape index (κ2) is 9.17. The van der Waals surface area contributed by atoms with Crippen LogP contribution in [0.5, 0.6) is 0 Å². The second-order valence-corrected chi connectivity index (χ2v) is 6.05. The molecule has 0 radical (unpaired) electrons. The highest BCUT2D eigenvalue weighted by Crippen LogP contribution is 2.15. The normalized spacial score (nSPS) is 21.7. The largest absolute Gasteiger partial charge is 0.461 e. The number of carbonyl (C=O) groups is 3. The lowest BCUT2D eigenvalue weighted by atomic mass is 9.98. The van der Waals surface area contributed by atoms with Crippen LogP contribution in [0.3, 0.4) is 0 Å². The summed E-state index contributed by atoms with van der Waals surface area (Å²) < 4.78 is 5.07. The minimum absolute atomic E-state index is 0.00409. The molecule has 4 atom stereocenters. The van der Waals surface area contributed by atoms with Gasteiger partial charge in [-0.2, -0.15) is 0 Å². The summed E-state index contributed by atoms with van der Waals surface area (Å²) in [6.45, 7) is 5.19. The number of aliphatic hydroxyl groups is 1. The molecule has 1 rings (SSSR count). The summed E-state index contributed by atoms with van der Waals surface area (Å²) >= 11 is 0. The van der Waals surface area contributed by atoms with Crippen molar-refractivity contribution in [1.29, 1.82) is 5.41 Å². The quantitative estimate of drug-likeness (QED) is 0.343. The van der Waals surface area contributed by atoms with Crippen molar-refractivity contribution in [2.75, 3.05) is 0 Å². The lowest BCUT2D eigenvalue weighted by Crippen LogP contribution is -2.53. The third kappa shape index (κ3) is 5.77. The Kier molecular flexibility index (Phi) is 7.57. The molecular formula is C16H25N3O5. The SMILES string of the molecule is CC(C)OC(=O)[C@H](CCC(=O)C=N)NC(=O)[C@H](O)C1NC=CC1C. The van der Waals surface area contributed by atoms with Gasteiger partial charge in [0.2, 0.25) is 0 Å². The summed E-state index contributed by atoms with van der Waals surface area (Å²) in [6.07, 6.45) is 2.37. The summed E-state index contributed by atoms with van der Waals surface area (Å²) in [5.74, 6) is -1.88. The number of esters is 1. The van der Waals surface area contributed by atoms with Gasteiger partial charge in [0.15, 0.2) is 11.9 Å². The van der Waals surface area contributed by atoms with E-state index in [0.717, 1.165) is 0 Å². The number of amides is 1. The highest BCUT2D eigenvalue weighted by Gasteiger charge is 2.34. The van der Waals surface area contributed by atoms with Crippen molar-refractivity contribution >= 4 is 23.9 Å². The van der Waals surface area contributed by atoms with Crippen molar-refractivity contribution in [3.8, 4) is 0 Å². The number of ether oxygens (including phenoxy) is 1. The Bertz CT molecular complexity index is 518. The molecule has 4 N–H and O–H groups in total. The van der Waals surface area contributed by atoms with Gasteiger partial charge >= 0.3 is 5.97 Å². The van der Waals surface area contributed by atoms with Crippen molar-refractivity contribution < 1.29 is 24.2 Å². The maximum absolute atomic E-state index is 12.2. The van der Waals surface area contributed by atoms with E-state index < -0.39 is 35.8 Å². The smallest absolute Gasteiger partial charge is 0.328 e. The first-order valence-corrected chi connectivity index (χ1v) is 7.91. The molecule has 0 aromatic heterocycles. The van der Waals surface area contributed by atoms with Crippen LogP contribution in [0.1, 0.15) is 33.6 Å². The van der Waals surface area contributed by atoms with Crippen LogP contribution in [0.4, 0.5) is 0 Å². The predicted molar refractivity (Wildman–Crippen MR) is 87.4 cm³/mol. The van der Waals surface area contributed by atoms with Crippen molar-refractivity contribution in [2.45, 2.75) is 57.9 Å². The maximum Gasteiger partial charge on any atom is 0.328 e. The first kappa shape index (κ1) is 19.8. The van der Waals surface area contributed by atoms with Crippen LogP contribution in [0, 0.1) is 11.3 Å². The molecule has 1 heterocycles. The van der Waals surface area contributed by atoms with Crippen LogP contribution in [0.15, 0.2) is 12.3 Å². The highest BCUT2D eigenvalue weighted by atomic mass is 16.5. The Hall–Kier alpha value is -2.22. The molecule has 0 aromatic carbocycles. The van der Waals surface area contributed by atoms with Gasteiger partial charge in [-0.15, -0.1) is 0 Å². The van der Waals surface area contributed by atoms with Gasteiger partial charge in [-0.25, -0.2) is 4.79 Å². The molecule has 0 bridgehead atoms. The molecule has 0 aliphatic carbocycles. The van der Waals surface area contributed by atoms with Gasteiger partial charge < -0.3 is 25.9 Å². The van der Waals surface area contributed by atoms with E-state index in [1.165, 1.54) is 0 Å². The van der Waals surface area contributed by atoms with E-state index in [4.69, 9.17) is 10.1 Å². The Morgan fingerprint density at radius 1 is 1.42 bits per heavy atom. The Labute approximate surface area is 141 Å². The molecule has 134 valence electrons. The van der Waals surface area contributed by atoms with Crippen LogP contribution in [-0.2, 0) is 19.1 Å².